The maximum Gasteiger partial charge on any atom is 0.261 e. The number of ketones is 1. The molecule has 0 saturated heterocycles. The molecule has 2 aromatic carbocycles. The normalized spacial score (nSPS) is 11.2. The van der Waals surface area contributed by atoms with Crippen LogP contribution in [-0.4, -0.2) is 26.2 Å². The monoisotopic (exact) mass is 374 g/mol. The van der Waals surface area contributed by atoms with Gasteiger partial charge in [0.15, 0.2) is 5.78 Å². The summed E-state index contributed by atoms with van der Waals surface area (Å²) in [6.07, 6.45) is 0.228. The molecule has 7 heteroatoms. The molecule has 1 amide bonds. The molecular formula is C19H22N2O4S. The number of anilines is 1. The molecule has 2 N–H and O–H groups in total. The molecule has 0 atom stereocenters. The summed E-state index contributed by atoms with van der Waals surface area (Å²) < 4.78 is 27.4. The van der Waals surface area contributed by atoms with Gasteiger partial charge in [0.25, 0.3) is 10.0 Å². The minimum atomic E-state index is -3.80. The third kappa shape index (κ3) is 5.42. The minimum Gasteiger partial charge on any atom is -0.354 e. The Hall–Kier alpha value is -2.67. The summed E-state index contributed by atoms with van der Waals surface area (Å²) in [5.74, 6) is -0.291. The summed E-state index contributed by atoms with van der Waals surface area (Å²) in [5.41, 5.74) is 1.50. The SMILES string of the molecule is CC(=O)c1cccc(S(=O)(=O)Nc2ccc(CC(=O)NC(C)C)cc2)c1. The van der Waals surface area contributed by atoms with Crippen LogP contribution in [0.5, 0.6) is 0 Å². The summed E-state index contributed by atoms with van der Waals surface area (Å²) >= 11 is 0. The highest BCUT2D eigenvalue weighted by molar-refractivity contribution is 7.92. The fourth-order valence-electron chi connectivity index (χ4n) is 2.35. The van der Waals surface area contributed by atoms with Gasteiger partial charge >= 0.3 is 0 Å². The number of sulfonamides is 1. The van der Waals surface area contributed by atoms with Crippen molar-refractivity contribution in [3.63, 3.8) is 0 Å². The highest BCUT2D eigenvalue weighted by Crippen LogP contribution is 2.18. The van der Waals surface area contributed by atoms with Crippen LogP contribution >= 0.6 is 0 Å². The number of Topliss-reactive ketones (excluding diaryl/α,β-unsaturated/α-hetero) is 1. The Morgan fingerprint density at radius 3 is 2.27 bits per heavy atom. The minimum absolute atomic E-state index is 0.0191. The van der Waals surface area contributed by atoms with E-state index in [0.29, 0.717) is 11.3 Å². The van der Waals surface area contributed by atoms with Crippen LogP contribution in [-0.2, 0) is 21.2 Å². The van der Waals surface area contributed by atoms with Gasteiger partial charge in [0, 0.05) is 17.3 Å². The second kappa shape index (κ2) is 8.14. The van der Waals surface area contributed by atoms with Crippen molar-refractivity contribution in [2.45, 2.75) is 38.1 Å². The zero-order valence-corrected chi connectivity index (χ0v) is 15.8. The van der Waals surface area contributed by atoms with Crippen LogP contribution in [0.25, 0.3) is 0 Å². The molecule has 0 spiro atoms. The van der Waals surface area contributed by atoms with Crippen LogP contribution in [0.15, 0.2) is 53.4 Å². The molecule has 138 valence electrons. The highest BCUT2D eigenvalue weighted by atomic mass is 32.2. The number of benzene rings is 2. The zero-order valence-electron chi connectivity index (χ0n) is 14.9. The Morgan fingerprint density at radius 2 is 1.69 bits per heavy atom. The van der Waals surface area contributed by atoms with E-state index in [1.165, 1.54) is 25.1 Å². The Labute approximate surface area is 153 Å². The Balaban J connectivity index is 2.11. The molecule has 0 aliphatic rings. The smallest absolute Gasteiger partial charge is 0.261 e. The van der Waals surface area contributed by atoms with Gasteiger partial charge in [-0.2, -0.15) is 0 Å². The lowest BCUT2D eigenvalue weighted by molar-refractivity contribution is -0.120. The molecule has 0 fully saturated rings. The number of hydrogen-bond acceptors (Lipinski definition) is 4. The van der Waals surface area contributed by atoms with Gasteiger partial charge in [-0.25, -0.2) is 8.42 Å². The molecular weight excluding hydrogens is 352 g/mol. The Morgan fingerprint density at radius 1 is 1.04 bits per heavy atom. The van der Waals surface area contributed by atoms with E-state index >= 15 is 0 Å². The van der Waals surface area contributed by atoms with E-state index in [9.17, 15) is 18.0 Å². The summed E-state index contributed by atoms with van der Waals surface area (Å²) in [5, 5.41) is 2.80. The van der Waals surface area contributed by atoms with Gasteiger partial charge in [0.05, 0.1) is 11.3 Å². The fraction of sp³-hybridized carbons (Fsp3) is 0.263. The van der Waals surface area contributed by atoms with E-state index in [2.05, 4.69) is 10.0 Å². The molecule has 26 heavy (non-hydrogen) atoms. The quantitative estimate of drug-likeness (QED) is 0.729. The van der Waals surface area contributed by atoms with Crippen LogP contribution in [0, 0.1) is 0 Å². The van der Waals surface area contributed by atoms with Crippen LogP contribution < -0.4 is 10.0 Å². The molecule has 0 unspecified atom stereocenters. The first-order valence-corrected chi connectivity index (χ1v) is 9.68. The number of amides is 1. The van der Waals surface area contributed by atoms with Gasteiger partial charge in [-0.15, -0.1) is 0 Å². The number of rotatable bonds is 7. The summed E-state index contributed by atoms with van der Waals surface area (Å²) in [4.78, 5) is 23.2. The van der Waals surface area contributed by atoms with Gasteiger partial charge in [0.1, 0.15) is 0 Å². The Bertz CT molecular complexity index is 903. The molecule has 6 nitrogen and oxygen atoms in total. The molecule has 0 aliphatic carbocycles. The third-order valence-corrected chi connectivity index (χ3v) is 4.95. The van der Waals surface area contributed by atoms with Crippen molar-refractivity contribution < 1.29 is 18.0 Å². The average molecular weight is 374 g/mol. The molecule has 0 aliphatic heterocycles. The molecule has 2 aromatic rings. The summed E-state index contributed by atoms with van der Waals surface area (Å²) in [7, 11) is -3.80. The van der Waals surface area contributed by atoms with Crippen LogP contribution in [0.2, 0.25) is 0 Å². The first-order valence-electron chi connectivity index (χ1n) is 8.19. The first kappa shape index (κ1) is 19.7. The molecule has 0 heterocycles. The van der Waals surface area contributed by atoms with Crippen molar-refractivity contribution in [2.24, 2.45) is 0 Å². The second-order valence-electron chi connectivity index (χ2n) is 6.29. The van der Waals surface area contributed by atoms with E-state index in [4.69, 9.17) is 0 Å². The van der Waals surface area contributed by atoms with Crippen molar-refractivity contribution in [1.82, 2.24) is 5.32 Å². The van der Waals surface area contributed by atoms with Gasteiger partial charge in [-0.3, -0.25) is 14.3 Å². The summed E-state index contributed by atoms with van der Waals surface area (Å²) in [6, 6.07) is 12.5. The number of nitrogens with one attached hydrogen (secondary N) is 2. The lowest BCUT2D eigenvalue weighted by atomic mass is 10.1. The van der Waals surface area contributed by atoms with Crippen molar-refractivity contribution in [3.05, 3.63) is 59.7 Å². The van der Waals surface area contributed by atoms with Crippen molar-refractivity contribution in [1.29, 1.82) is 0 Å². The number of carbonyl (C=O) groups is 2. The zero-order chi connectivity index (χ0) is 19.3. The van der Waals surface area contributed by atoms with Crippen molar-refractivity contribution in [3.8, 4) is 0 Å². The standard InChI is InChI=1S/C19H22N2O4S/c1-13(2)20-19(23)11-15-7-9-17(10-8-15)21-26(24,25)18-6-4-5-16(12-18)14(3)22/h4-10,12-13,21H,11H2,1-3H3,(H,20,23). The molecule has 0 radical (unpaired) electrons. The summed E-state index contributed by atoms with van der Waals surface area (Å²) in [6.45, 7) is 5.15. The lowest BCUT2D eigenvalue weighted by Crippen LogP contribution is -2.31. The van der Waals surface area contributed by atoms with Gasteiger partial charge < -0.3 is 5.32 Å². The maximum absolute atomic E-state index is 12.5. The van der Waals surface area contributed by atoms with Crippen LogP contribution in [0.1, 0.15) is 36.7 Å². The van der Waals surface area contributed by atoms with E-state index in [1.54, 1.807) is 30.3 Å². The van der Waals surface area contributed by atoms with Gasteiger partial charge in [-0.1, -0.05) is 24.3 Å². The highest BCUT2D eigenvalue weighted by Gasteiger charge is 2.15. The topological polar surface area (TPSA) is 92.3 Å². The maximum atomic E-state index is 12.5. The number of hydrogen-bond donors (Lipinski definition) is 2. The lowest BCUT2D eigenvalue weighted by Gasteiger charge is -2.10. The van der Waals surface area contributed by atoms with Crippen LogP contribution in [0.3, 0.4) is 0 Å². The predicted octanol–water partition coefficient (Wildman–Crippen LogP) is 2.76. The molecule has 0 saturated carbocycles. The van der Waals surface area contributed by atoms with Crippen molar-refractivity contribution in [2.75, 3.05) is 4.72 Å². The number of carbonyl (C=O) groups excluding carboxylic acids is 2. The predicted molar refractivity (Wildman–Crippen MR) is 101 cm³/mol. The van der Waals surface area contributed by atoms with E-state index in [0.717, 1.165) is 5.56 Å². The van der Waals surface area contributed by atoms with Crippen molar-refractivity contribution >= 4 is 27.4 Å². The van der Waals surface area contributed by atoms with Gasteiger partial charge in [-0.05, 0) is 50.6 Å². The molecule has 0 aromatic heterocycles. The average Bonchev–Trinajstić information content (AvgIpc) is 2.56. The largest absolute Gasteiger partial charge is 0.354 e. The first-order chi connectivity index (χ1) is 12.2. The fourth-order valence-corrected chi connectivity index (χ4v) is 3.45. The van der Waals surface area contributed by atoms with E-state index in [-0.39, 0.29) is 29.0 Å². The second-order valence-corrected chi connectivity index (χ2v) is 7.97. The van der Waals surface area contributed by atoms with E-state index < -0.39 is 10.0 Å². The third-order valence-electron chi connectivity index (χ3n) is 3.57. The molecule has 2 rings (SSSR count). The Kier molecular flexibility index (Phi) is 6.15. The van der Waals surface area contributed by atoms with E-state index in [1.807, 2.05) is 13.8 Å². The van der Waals surface area contributed by atoms with Crippen LogP contribution in [0.4, 0.5) is 5.69 Å². The van der Waals surface area contributed by atoms with Gasteiger partial charge in [0.2, 0.25) is 5.91 Å². The molecule has 0 bridgehead atoms.